The molecule has 0 saturated carbocycles. The van der Waals surface area contributed by atoms with Crippen LogP contribution in [0.3, 0.4) is 0 Å². The molecule has 0 spiro atoms. The first-order chi connectivity index (χ1) is 27.2. The topological polar surface area (TPSA) is 0 Å². The molecule has 318 valence electrons. The van der Waals surface area contributed by atoms with Gasteiger partial charge in [0.1, 0.15) is 9.52 Å². The minimum Gasteiger partial charge on any atom is -0.0645 e. The molecule has 0 atom stereocenters. The van der Waals surface area contributed by atoms with Crippen molar-refractivity contribution in [2.24, 2.45) is 0 Å². The summed E-state index contributed by atoms with van der Waals surface area (Å²) in [7, 11) is 0.752. The molecule has 0 bridgehead atoms. The van der Waals surface area contributed by atoms with Gasteiger partial charge in [0, 0.05) is 0 Å². The molecule has 0 amide bonds. The average molecular weight is 791 g/mol. The summed E-state index contributed by atoms with van der Waals surface area (Å²) in [6.45, 7) is 41.0. The van der Waals surface area contributed by atoms with Gasteiger partial charge in [0.05, 0.1) is 0 Å². The van der Waals surface area contributed by atoms with Crippen molar-refractivity contribution in [2.45, 2.75) is 283 Å². The van der Waals surface area contributed by atoms with Gasteiger partial charge in [0.25, 0.3) is 0 Å². The third-order valence-electron chi connectivity index (χ3n) is 20.8. The molecular formula is C56H90Si. The van der Waals surface area contributed by atoms with Gasteiger partial charge >= 0.3 is 0 Å². The Balaban J connectivity index is 1.92. The lowest BCUT2D eigenvalue weighted by molar-refractivity contribution is 0.278. The van der Waals surface area contributed by atoms with Crippen molar-refractivity contribution in [3.63, 3.8) is 0 Å². The van der Waals surface area contributed by atoms with Crippen molar-refractivity contribution in [1.82, 2.24) is 0 Å². The summed E-state index contributed by atoms with van der Waals surface area (Å²) < 4.78 is 0. The molecule has 0 nitrogen and oxygen atoms in total. The summed E-state index contributed by atoms with van der Waals surface area (Å²) in [6.07, 6.45) is 25.7. The van der Waals surface area contributed by atoms with Crippen molar-refractivity contribution in [3.05, 3.63) is 56.6 Å². The fourth-order valence-corrected chi connectivity index (χ4v) is 18.2. The lowest BCUT2D eigenvalue weighted by atomic mass is 9.70. The van der Waals surface area contributed by atoms with Gasteiger partial charge < -0.3 is 0 Å². The van der Waals surface area contributed by atoms with E-state index in [4.69, 9.17) is 0 Å². The van der Waals surface area contributed by atoms with E-state index in [-0.39, 0.29) is 43.3 Å². The molecule has 2 radical (unpaired) electrons. The Bertz CT molecular complexity index is 1500. The molecule has 0 unspecified atom stereocenters. The van der Waals surface area contributed by atoms with Gasteiger partial charge in [-0.15, -0.1) is 0 Å². The first-order valence-electron chi connectivity index (χ1n) is 25.5. The Morgan fingerprint density at radius 2 is 0.439 bits per heavy atom. The van der Waals surface area contributed by atoms with E-state index < -0.39 is 0 Å². The molecule has 1 heteroatoms. The summed E-state index contributed by atoms with van der Waals surface area (Å²) in [5, 5.41) is 3.80. The van der Waals surface area contributed by atoms with Crippen molar-refractivity contribution in [1.29, 1.82) is 0 Å². The maximum absolute atomic E-state index is 2.95. The van der Waals surface area contributed by atoms with E-state index in [1.165, 1.54) is 128 Å². The molecule has 0 saturated heterocycles. The molecule has 2 aromatic rings. The maximum Gasteiger partial charge on any atom is 0.123 e. The summed E-state index contributed by atoms with van der Waals surface area (Å²) in [5.74, 6) is 0. The SMILES string of the molecule is CCC1(CC)CC(CC)(CC)c2c1cc1c(c2[Si]c2c3c(cc4c2C(CC)(CC)CC4(CC)CC)C(CC)(CC)CC3(CC)CC)C(CC)(CC)CC1(CC)CC. The van der Waals surface area contributed by atoms with E-state index in [2.05, 4.69) is 123 Å². The molecule has 0 aromatic heterocycles. The zero-order valence-corrected chi connectivity index (χ0v) is 41.8. The van der Waals surface area contributed by atoms with Crippen LogP contribution in [0.4, 0.5) is 0 Å². The first-order valence-corrected chi connectivity index (χ1v) is 26.5. The van der Waals surface area contributed by atoms with Gasteiger partial charge in [0.15, 0.2) is 0 Å². The highest BCUT2D eigenvalue weighted by Crippen LogP contribution is 2.64. The molecule has 4 aliphatic carbocycles. The number of hydrogen-bond acceptors (Lipinski definition) is 0. The molecule has 6 rings (SSSR count). The predicted octanol–water partition coefficient (Wildman–Crippen LogP) is 15.4. The van der Waals surface area contributed by atoms with Crippen LogP contribution in [0.25, 0.3) is 0 Å². The number of hydrogen-bond donors (Lipinski definition) is 0. The molecule has 0 N–H and O–H groups in total. The Labute approximate surface area is 357 Å². The first kappa shape index (κ1) is 45.2. The monoisotopic (exact) mass is 791 g/mol. The van der Waals surface area contributed by atoms with E-state index in [1.807, 2.05) is 54.9 Å². The molecule has 0 heterocycles. The highest BCUT2D eigenvalue weighted by molar-refractivity contribution is 6.69. The van der Waals surface area contributed by atoms with Crippen LogP contribution in [0.5, 0.6) is 0 Å². The van der Waals surface area contributed by atoms with Gasteiger partial charge in [-0.1, -0.05) is 133 Å². The van der Waals surface area contributed by atoms with Crippen molar-refractivity contribution in [3.8, 4) is 0 Å². The largest absolute Gasteiger partial charge is 0.123 e. The Morgan fingerprint density at radius 3 is 0.579 bits per heavy atom. The smallest absolute Gasteiger partial charge is 0.0645 e. The zero-order chi connectivity index (χ0) is 42.0. The highest BCUT2D eigenvalue weighted by Gasteiger charge is 2.59. The third kappa shape index (κ3) is 5.73. The Hall–Kier alpha value is -1.34. The highest BCUT2D eigenvalue weighted by atomic mass is 28.2. The van der Waals surface area contributed by atoms with Crippen LogP contribution in [-0.4, -0.2) is 9.52 Å². The van der Waals surface area contributed by atoms with Crippen molar-refractivity contribution >= 4 is 19.9 Å². The van der Waals surface area contributed by atoms with E-state index in [0.29, 0.717) is 0 Å². The van der Waals surface area contributed by atoms with Gasteiger partial charge in [-0.05, 0) is 216 Å². The van der Waals surface area contributed by atoms with E-state index in [0.717, 1.165) is 9.52 Å². The number of rotatable bonds is 18. The van der Waals surface area contributed by atoms with Gasteiger partial charge in [0.2, 0.25) is 0 Å². The minimum absolute atomic E-state index is 0.253. The quantitative estimate of drug-likeness (QED) is 0.132. The Morgan fingerprint density at radius 1 is 0.281 bits per heavy atom. The molecule has 0 fully saturated rings. The van der Waals surface area contributed by atoms with Gasteiger partial charge in [-0.2, -0.15) is 0 Å². The van der Waals surface area contributed by atoms with E-state index in [1.54, 1.807) is 0 Å². The molecule has 2 aromatic carbocycles. The van der Waals surface area contributed by atoms with Crippen LogP contribution in [-0.2, 0) is 43.3 Å². The van der Waals surface area contributed by atoms with Crippen LogP contribution in [0, 0.1) is 0 Å². The summed E-state index contributed by atoms with van der Waals surface area (Å²) in [4.78, 5) is 0. The van der Waals surface area contributed by atoms with E-state index >= 15 is 0 Å². The molecule has 4 aliphatic rings. The van der Waals surface area contributed by atoms with Crippen LogP contribution >= 0.6 is 0 Å². The second-order valence-corrected chi connectivity index (χ2v) is 22.2. The number of fused-ring (bicyclic) bond motifs is 4. The summed E-state index contributed by atoms with van der Waals surface area (Å²) in [6, 6.07) is 5.89. The normalized spacial score (nSPS) is 23.0. The predicted molar refractivity (Wildman–Crippen MR) is 254 cm³/mol. The van der Waals surface area contributed by atoms with E-state index in [9.17, 15) is 0 Å². The standard InChI is InChI=1S/C56H90Si/c1-17-49(18-2)35-53(25-9,26-10)43-39(49)33-40-44(54(27-11,28-12)36-50(40,19-3)20-4)47(43)57-48-45-41(51(21-5,22-6)37-55(45,29-13)30-14)34-42-46(48)56(31-15,32-16)38-52(42,23-7)24-8/h33-34H,17-32,35-38H2,1-16H3. The van der Waals surface area contributed by atoms with Crippen molar-refractivity contribution < 1.29 is 0 Å². The fourth-order valence-electron chi connectivity index (χ4n) is 15.9. The number of benzene rings is 2. The van der Waals surface area contributed by atoms with Crippen LogP contribution < -0.4 is 10.4 Å². The molecule has 0 aliphatic heterocycles. The molecule has 57 heavy (non-hydrogen) atoms. The lowest BCUT2D eigenvalue weighted by Crippen LogP contribution is -2.47. The minimum atomic E-state index is 0.253. The third-order valence-corrected chi connectivity index (χ3v) is 22.3. The maximum atomic E-state index is 2.95. The average Bonchev–Trinajstić information content (AvgIpc) is 3.94. The molecular weight excluding hydrogens is 701 g/mol. The van der Waals surface area contributed by atoms with Gasteiger partial charge in [-0.3, -0.25) is 0 Å². The summed E-state index contributed by atoms with van der Waals surface area (Å²) >= 11 is 0. The van der Waals surface area contributed by atoms with Gasteiger partial charge in [-0.25, -0.2) is 0 Å². The van der Waals surface area contributed by atoms with Crippen LogP contribution in [0.15, 0.2) is 12.1 Å². The van der Waals surface area contributed by atoms with Crippen LogP contribution in [0.1, 0.15) is 284 Å². The Kier molecular flexibility index (Phi) is 12.6. The summed E-state index contributed by atoms with van der Waals surface area (Å²) in [5.41, 5.74) is 16.9. The second kappa shape index (κ2) is 15.8. The van der Waals surface area contributed by atoms with Crippen LogP contribution in [0.2, 0.25) is 0 Å². The second-order valence-electron chi connectivity index (χ2n) is 20.9. The van der Waals surface area contributed by atoms with Crippen molar-refractivity contribution in [2.75, 3.05) is 0 Å². The lowest BCUT2D eigenvalue weighted by Gasteiger charge is -2.38. The zero-order valence-electron chi connectivity index (χ0n) is 40.8. The fraction of sp³-hybridized carbons (Fsp3) is 0.786.